The highest BCUT2D eigenvalue weighted by Crippen LogP contribution is 2.31. The average molecular weight is 240 g/mol. The van der Waals surface area contributed by atoms with Crippen LogP contribution in [-0.2, 0) is 0 Å². The molecule has 0 spiro atoms. The highest BCUT2D eigenvalue weighted by molar-refractivity contribution is 9.10. The number of benzene rings is 1. The number of carbonyl (C=O) groups excluding carboxylic acids is 1. The molecule has 0 saturated heterocycles. The summed E-state index contributed by atoms with van der Waals surface area (Å²) in [4.78, 5) is 11.5. The quantitative estimate of drug-likeness (QED) is 0.755. The first-order chi connectivity index (χ1) is 6.18. The minimum atomic E-state index is 0.234. The van der Waals surface area contributed by atoms with E-state index in [1.165, 1.54) is 0 Å². The molecule has 0 radical (unpaired) electrons. The molecule has 1 aromatic carbocycles. The van der Waals surface area contributed by atoms with Crippen LogP contribution < -0.4 is 5.32 Å². The largest absolute Gasteiger partial charge is 0.383 e. The van der Waals surface area contributed by atoms with Crippen molar-refractivity contribution in [1.82, 2.24) is 0 Å². The maximum absolute atomic E-state index is 11.5. The highest BCUT2D eigenvalue weighted by Gasteiger charge is 2.18. The van der Waals surface area contributed by atoms with Crippen molar-refractivity contribution in [3.8, 4) is 0 Å². The summed E-state index contributed by atoms with van der Waals surface area (Å²) >= 11 is 3.45. The summed E-state index contributed by atoms with van der Waals surface area (Å²) in [5, 5.41) is 3.22. The van der Waals surface area contributed by atoms with Crippen molar-refractivity contribution in [3.05, 3.63) is 27.7 Å². The molecule has 1 aliphatic heterocycles. The Hall–Kier alpha value is -0.830. The molecule has 0 aromatic heterocycles. The van der Waals surface area contributed by atoms with Gasteiger partial charge in [-0.3, -0.25) is 4.79 Å². The Morgan fingerprint density at radius 1 is 1.46 bits per heavy atom. The molecule has 1 heterocycles. The van der Waals surface area contributed by atoms with Gasteiger partial charge in [0.2, 0.25) is 0 Å². The number of nitrogens with one attached hydrogen (secondary N) is 1. The van der Waals surface area contributed by atoms with Crippen molar-refractivity contribution in [3.63, 3.8) is 0 Å². The zero-order valence-electron chi connectivity index (χ0n) is 7.36. The molecule has 0 fully saturated rings. The maximum atomic E-state index is 11.5. The molecule has 0 bridgehead atoms. The van der Waals surface area contributed by atoms with Gasteiger partial charge in [-0.15, -0.1) is 0 Å². The summed E-state index contributed by atoms with van der Waals surface area (Å²) in [5.41, 5.74) is 2.88. The van der Waals surface area contributed by atoms with Crippen molar-refractivity contribution in [2.24, 2.45) is 0 Å². The monoisotopic (exact) mass is 239 g/mol. The average Bonchev–Trinajstić information content (AvgIpc) is 2.07. The van der Waals surface area contributed by atoms with E-state index in [2.05, 4.69) is 21.2 Å². The van der Waals surface area contributed by atoms with E-state index < -0.39 is 0 Å². The number of hydrogen-bond donors (Lipinski definition) is 1. The number of fused-ring (bicyclic) bond motifs is 1. The maximum Gasteiger partial charge on any atom is 0.166 e. The van der Waals surface area contributed by atoms with Crippen molar-refractivity contribution in [1.29, 1.82) is 0 Å². The smallest absolute Gasteiger partial charge is 0.166 e. The molecule has 0 saturated carbocycles. The molecule has 13 heavy (non-hydrogen) atoms. The van der Waals surface area contributed by atoms with E-state index in [4.69, 9.17) is 0 Å². The van der Waals surface area contributed by atoms with Gasteiger partial charge in [-0.1, -0.05) is 0 Å². The molecule has 2 nitrogen and oxygen atoms in total. The van der Waals surface area contributed by atoms with E-state index in [0.29, 0.717) is 6.42 Å². The van der Waals surface area contributed by atoms with Gasteiger partial charge in [-0.25, -0.2) is 0 Å². The van der Waals surface area contributed by atoms with E-state index in [9.17, 15) is 4.79 Å². The third kappa shape index (κ3) is 1.48. The predicted molar refractivity (Wildman–Crippen MR) is 56.3 cm³/mol. The summed E-state index contributed by atoms with van der Waals surface area (Å²) in [5.74, 6) is 0.234. The predicted octanol–water partition coefficient (Wildman–Crippen LogP) is 2.76. The number of rotatable bonds is 0. The standard InChI is InChI=1S/C10H10BrNO/c1-6-4-7-9(13)2-3-12-10(7)8(11)5-6/h4-5,12H,2-3H2,1H3. The van der Waals surface area contributed by atoms with Crippen LogP contribution in [0.3, 0.4) is 0 Å². The summed E-state index contributed by atoms with van der Waals surface area (Å²) in [6, 6.07) is 3.96. The number of halogens is 1. The van der Waals surface area contributed by atoms with E-state index in [-0.39, 0.29) is 5.78 Å². The van der Waals surface area contributed by atoms with Gasteiger partial charge in [0.25, 0.3) is 0 Å². The van der Waals surface area contributed by atoms with E-state index in [1.807, 2.05) is 19.1 Å². The zero-order chi connectivity index (χ0) is 9.42. The number of carbonyl (C=O) groups is 1. The first kappa shape index (κ1) is 8.75. The molecule has 3 heteroatoms. The topological polar surface area (TPSA) is 29.1 Å². The van der Waals surface area contributed by atoms with Crippen LogP contribution in [0.4, 0.5) is 5.69 Å². The normalized spacial score (nSPS) is 15.1. The van der Waals surface area contributed by atoms with Crippen molar-refractivity contribution in [2.75, 3.05) is 11.9 Å². The number of hydrogen-bond acceptors (Lipinski definition) is 2. The molecular weight excluding hydrogens is 230 g/mol. The molecule has 1 aromatic rings. The Labute approximate surface area is 85.5 Å². The van der Waals surface area contributed by atoms with Gasteiger partial charge in [0.15, 0.2) is 5.78 Å². The molecule has 0 unspecified atom stereocenters. The van der Waals surface area contributed by atoms with Crippen LogP contribution in [0.15, 0.2) is 16.6 Å². The van der Waals surface area contributed by atoms with Crippen LogP contribution in [0.2, 0.25) is 0 Å². The third-order valence-corrected chi connectivity index (χ3v) is 2.81. The number of ketones is 1. The Morgan fingerprint density at radius 3 is 3.00 bits per heavy atom. The second-order valence-electron chi connectivity index (χ2n) is 3.27. The van der Waals surface area contributed by atoms with Gasteiger partial charge in [-0.05, 0) is 40.5 Å². The first-order valence-electron chi connectivity index (χ1n) is 4.25. The van der Waals surface area contributed by atoms with Gasteiger partial charge in [-0.2, -0.15) is 0 Å². The SMILES string of the molecule is Cc1cc(Br)c2c(c1)C(=O)CCN2. The summed E-state index contributed by atoms with van der Waals surface area (Å²) in [6.07, 6.45) is 0.600. The fourth-order valence-electron chi connectivity index (χ4n) is 1.58. The van der Waals surface area contributed by atoms with Gasteiger partial charge in [0, 0.05) is 23.0 Å². The highest BCUT2D eigenvalue weighted by atomic mass is 79.9. The van der Waals surface area contributed by atoms with Crippen molar-refractivity contribution >= 4 is 27.4 Å². The van der Waals surface area contributed by atoms with Crippen LogP contribution >= 0.6 is 15.9 Å². The molecule has 1 N–H and O–H groups in total. The first-order valence-corrected chi connectivity index (χ1v) is 5.05. The van der Waals surface area contributed by atoms with Gasteiger partial charge in [0.1, 0.15) is 0 Å². The zero-order valence-corrected chi connectivity index (χ0v) is 8.94. The van der Waals surface area contributed by atoms with E-state index in [1.54, 1.807) is 0 Å². The van der Waals surface area contributed by atoms with Gasteiger partial charge >= 0.3 is 0 Å². The lowest BCUT2D eigenvalue weighted by molar-refractivity contribution is 0.0983. The van der Waals surface area contributed by atoms with Gasteiger partial charge < -0.3 is 5.32 Å². The molecule has 1 aliphatic rings. The fourth-order valence-corrected chi connectivity index (χ4v) is 2.29. The third-order valence-electron chi connectivity index (χ3n) is 2.19. The Balaban J connectivity index is 2.63. The van der Waals surface area contributed by atoms with Crippen molar-refractivity contribution < 1.29 is 4.79 Å². The lowest BCUT2D eigenvalue weighted by Crippen LogP contribution is -2.18. The molecular formula is C10H10BrNO. The number of Topliss-reactive ketones (excluding diaryl/α,β-unsaturated/α-hetero) is 1. The molecule has 0 amide bonds. The van der Waals surface area contributed by atoms with Crippen molar-refractivity contribution in [2.45, 2.75) is 13.3 Å². The lowest BCUT2D eigenvalue weighted by Gasteiger charge is -2.18. The Morgan fingerprint density at radius 2 is 2.23 bits per heavy atom. The number of anilines is 1. The second-order valence-corrected chi connectivity index (χ2v) is 4.12. The van der Waals surface area contributed by atoms with E-state index >= 15 is 0 Å². The number of aryl methyl sites for hydroxylation is 1. The van der Waals surface area contributed by atoms with Crippen LogP contribution in [0.25, 0.3) is 0 Å². The Kier molecular flexibility index (Phi) is 2.12. The molecule has 0 atom stereocenters. The van der Waals surface area contributed by atoms with E-state index in [0.717, 1.165) is 27.8 Å². The van der Waals surface area contributed by atoms with Gasteiger partial charge in [0.05, 0.1) is 5.69 Å². The molecule has 2 rings (SSSR count). The van der Waals surface area contributed by atoms with Crippen LogP contribution in [0.1, 0.15) is 22.3 Å². The summed E-state index contributed by atoms with van der Waals surface area (Å²) < 4.78 is 0.982. The Bertz CT molecular complexity index is 373. The summed E-state index contributed by atoms with van der Waals surface area (Å²) in [7, 11) is 0. The molecule has 0 aliphatic carbocycles. The van der Waals surface area contributed by atoms with Crippen LogP contribution in [0, 0.1) is 6.92 Å². The lowest BCUT2D eigenvalue weighted by atomic mass is 10.0. The molecule has 68 valence electrons. The minimum absolute atomic E-state index is 0.234. The fraction of sp³-hybridized carbons (Fsp3) is 0.300. The van der Waals surface area contributed by atoms with Crippen LogP contribution in [-0.4, -0.2) is 12.3 Å². The second kappa shape index (κ2) is 3.14. The summed E-state index contributed by atoms with van der Waals surface area (Å²) in [6.45, 7) is 2.74. The minimum Gasteiger partial charge on any atom is -0.383 e. The van der Waals surface area contributed by atoms with Crippen LogP contribution in [0.5, 0.6) is 0 Å².